The van der Waals surface area contributed by atoms with Crippen LogP contribution in [0, 0.1) is 5.92 Å². The van der Waals surface area contributed by atoms with Crippen molar-refractivity contribution in [3.05, 3.63) is 0 Å². The maximum Gasteiger partial charge on any atom is 0.321 e. The van der Waals surface area contributed by atoms with Crippen molar-refractivity contribution >= 4 is 11.9 Å². The largest absolute Gasteiger partial charge is 0.338 e. The third-order valence-corrected chi connectivity index (χ3v) is 3.80. The van der Waals surface area contributed by atoms with E-state index < -0.39 is 0 Å². The Balaban J connectivity index is 2.29. The number of hydrogen-bond donors (Lipinski definition) is 3. The van der Waals surface area contributed by atoms with Crippen molar-refractivity contribution in [1.29, 1.82) is 0 Å². The Hall–Kier alpha value is -1.14. The molecule has 0 aromatic heterocycles. The Bertz CT molecular complexity index is 332. The summed E-state index contributed by atoms with van der Waals surface area (Å²) in [5, 5.41) is 8.30. The van der Waals surface area contributed by atoms with Gasteiger partial charge in [-0.05, 0) is 38.8 Å². The molecular formula is C15H30N4O2. The molecule has 1 atom stereocenters. The van der Waals surface area contributed by atoms with Crippen LogP contribution in [0.3, 0.4) is 0 Å². The van der Waals surface area contributed by atoms with Crippen molar-refractivity contribution in [2.75, 3.05) is 33.2 Å². The molecule has 0 bridgehead atoms. The van der Waals surface area contributed by atoms with Gasteiger partial charge in [0.15, 0.2) is 0 Å². The van der Waals surface area contributed by atoms with E-state index in [-0.39, 0.29) is 11.9 Å². The molecule has 1 fully saturated rings. The third-order valence-electron chi connectivity index (χ3n) is 3.80. The van der Waals surface area contributed by atoms with E-state index in [4.69, 9.17) is 0 Å². The van der Waals surface area contributed by atoms with E-state index in [0.717, 1.165) is 32.4 Å². The monoisotopic (exact) mass is 298 g/mol. The average Bonchev–Trinajstić information content (AvgIpc) is 2.40. The van der Waals surface area contributed by atoms with E-state index in [0.29, 0.717) is 25.0 Å². The summed E-state index contributed by atoms with van der Waals surface area (Å²) in [6.07, 6.45) is 4.35. The fraction of sp³-hybridized carbons (Fsp3) is 0.867. The number of urea groups is 1. The number of imide groups is 1. The molecule has 6 nitrogen and oxygen atoms in total. The topological polar surface area (TPSA) is 73.5 Å². The van der Waals surface area contributed by atoms with Crippen LogP contribution in [0.4, 0.5) is 4.79 Å². The average molecular weight is 298 g/mol. The first kappa shape index (κ1) is 17.9. The first-order valence-corrected chi connectivity index (χ1v) is 7.99. The van der Waals surface area contributed by atoms with Crippen LogP contribution in [0.2, 0.25) is 0 Å². The summed E-state index contributed by atoms with van der Waals surface area (Å²) in [5.74, 6) is 0.316. The predicted molar refractivity (Wildman–Crippen MR) is 84.1 cm³/mol. The lowest BCUT2D eigenvalue weighted by Gasteiger charge is -2.34. The fourth-order valence-electron chi connectivity index (χ4n) is 2.60. The van der Waals surface area contributed by atoms with Gasteiger partial charge in [0, 0.05) is 19.1 Å². The summed E-state index contributed by atoms with van der Waals surface area (Å²) >= 11 is 0. The van der Waals surface area contributed by atoms with Crippen molar-refractivity contribution in [2.45, 2.75) is 45.6 Å². The highest BCUT2D eigenvalue weighted by molar-refractivity contribution is 5.95. The van der Waals surface area contributed by atoms with Crippen LogP contribution in [0.25, 0.3) is 0 Å². The van der Waals surface area contributed by atoms with Crippen LogP contribution in [0.15, 0.2) is 0 Å². The number of nitrogens with one attached hydrogen (secondary N) is 3. The lowest BCUT2D eigenvalue weighted by Crippen LogP contribution is -2.51. The van der Waals surface area contributed by atoms with Crippen LogP contribution in [0.5, 0.6) is 0 Å². The summed E-state index contributed by atoms with van der Waals surface area (Å²) in [6.45, 7) is 6.90. The summed E-state index contributed by atoms with van der Waals surface area (Å²) < 4.78 is 0. The van der Waals surface area contributed by atoms with E-state index in [1.54, 1.807) is 0 Å². The number of carbonyl (C=O) groups excluding carboxylic acids is 2. The summed E-state index contributed by atoms with van der Waals surface area (Å²) in [6, 6.07) is 0.00123. The number of likely N-dealkylation sites (N-methyl/N-ethyl adjacent to an activating group) is 1. The fourth-order valence-corrected chi connectivity index (χ4v) is 2.60. The number of rotatable bonds is 7. The molecule has 3 N–H and O–H groups in total. The summed E-state index contributed by atoms with van der Waals surface area (Å²) in [7, 11) is 1.93. The second-order valence-electron chi connectivity index (χ2n) is 6.16. The predicted octanol–water partition coefficient (Wildman–Crippen LogP) is 0.932. The van der Waals surface area contributed by atoms with Gasteiger partial charge in [-0.2, -0.15) is 0 Å². The molecular weight excluding hydrogens is 268 g/mol. The normalized spacial score (nSPS) is 19.5. The third kappa shape index (κ3) is 7.43. The van der Waals surface area contributed by atoms with Crippen LogP contribution < -0.4 is 16.0 Å². The maximum atomic E-state index is 11.9. The van der Waals surface area contributed by atoms with E-state index in [1.807, 2.05) is 7.05 Å². The van der Waals surface area contributed by atoms with Crippen molar-refractivity contribution < 1.29 is 9.59 Å². The Labute approximate surface area is 128 Å². The number of amides is 3. The quantitative estimate of drug-likeness (QED) is 0.654. The molecule has 0 spiro atoms. The van der Waals surface area contributed by atoms with Gasteiger partial charge >= 0.3 is 6.03 Å². The van der Waals surface area contributed by atoms with Crippen molar-refractivity contribution in [1.82, 2.24) is 20.9 Å². The Morgan fingerprint density at radius 3 is 2.71 bits per heavy atom. The highest BCUT2D eigenvalue weighted by Crippen LogP contribution is 2.15. The standard InChI is InChI=1S/C15H30N4O2/c1-12(2)7-8-17-15(21)18-14(20)11-19-9-5-4-6-13(19)10-16-3/h12-13,16H,4-11H2,1-3H3,(H2,17,18,20,21). The molecule has 0 aliphatic carbocycles. The molecule has 1 saturated heterocycles. The van der Waals surface area contributed by atoms with Gasteiger partial charge in [-0.15, -0.1) is 0 Å². The minimum Gasteiger partial charge on any atom is -0.338 e. The summed E-state index contributed by atoms with van der Waals surface area (Å²) in [5.41, 5.74) is 0. The SMILES string of the molecule is CNCC1CCCCN1CC(=O)NC(=O)NCCC(C)C. The molecule has 1 unspecified atom stereocenters. The van der Waals surface area contributed by atoms with Gasteiger partial charge in [-0.1, -0.05) is 20.3 Å². The highest BCUT2D eigenvalue weighted by atomic mass is 16.2. The van der Waals surface area contributed by atoms with Crippen LogP contribution >= 0.6 is 0 Å². The van der Waals surface area contributed by atoms with Crippen LogP contribution in [-0.4, -0.2) is 56.1 Å². The van der Waals surface area contributed by atoms with Gasteiger partial charge in [-0.3, -0.25) is 15.0 Å². The molecule has 122 valence electrons. The number of hydrogen-bond acceptors (Lipinski definition) is 4. The van der Waals surface area contributed by atoms with Crippen LogP contribution in [0.1, 0.15) is 39.5 Å². The second-order valence-corrected chi connectivity index (χ2v) is 6.16. The lowest BCUT2D eigenvalue weighted by atomic mass is 10.0. The van der Waals surface area contributed by atoms with Crippen molar-refractivity contribution in [3.63, 3.8) is 0 Å². The number of likely N-dealkylation sites (tertiary alicyclic amines) is 1. The zero-order valence-corrected chi connectivity index (χ0v) is 13.6. The number of nitrogens with zero attached hydrogens (tertiary/aromatic N) is 1. The Morgan fingerprint density at radius 1 is 1.29 bits per heavy atom. The molecule has 1 aliphatic heterocycles. The van der Waals surface area contributed by atoms with Gasteiger partial charge in [0.2, 0.25) is 5.91 Å². The molecule has 1 rings (SSSR count). The van der Waals surface area contributed by atoms with Gasteiger partial charge in [0.25, 0.3) is 0 Å². The zero-order chi connectivity index (χ0) is 15.7. The molecule has 0 saturated carbocycles. The molecule has 1 heterocycles. The van der Waals surface area contributed by atoms with E-state index in [1.165, 1.54) is 6.42 Å². The molecule has 6 heteroatoms. The Kier molecular flexibility index (Phi) is 8.30. The maximum absolute atomic E-state index is 11.9. The molecule has 0 aromatic rings. The van der Waals surface area contributed by atoms with Gasteiger partial charge < -0.3 is 10.6 Å². The molecule has 21 heavy (non-hydrogen) atoms. The molecule has 0 aromatic carbocycles. The highest BCUT2D eigenvalue weighted by Gasteiger charge is 2.24. The first-order chi connectivity index (χ1) is 10.0. The second kappa shape index (κ2) is 9.73. The van der Waals surface area contributed by atoms with E-state index in [2.05, 4.69) is 34.7 Å². The smallest absolute Gasteiger partial charge is 0.321 e. The van der Waals surface area contributed by atoms with Crippen LogP contribution in [-0.2, 0) is 4.79 Å². The lowest BCUT2D eigenvalue weighted by molar-refractivity contribution is -0.122. The zero-order valence-electron chi connectivity index (χ0n) is 13.6. The number of carbonyl (C=O) groups is 2. The summed E-state index contributed by atoms with van der Waals surface area (Å²) in [4.78, 5) is 25.7. The first-order valence-electron chi connectivity index (χ1n) is 7.99. The van der Waals surface area contributed by atoms with Crippen molar-refractivity contribution in [3.8, 4) is 0 Å². The molecule has 1 aliphatic rings. The Morgan fingerprint density at radius 2 is 2.05 bits per heavy atom. The van der Waals surface area contributed by atoms with Gasteiger partial charge in [0.05, 0.1) is 6.54 Å². The molecule has 3 amide bonds. The van der Waals surface area contributed by atoms with Crippen molar-refractivity contribution in [2.24, 2.45) is 5.92 Å². The van der Waals surface area contributed by atoms with Gasteiger partial charge in [0.1, 0.15) is 0 Å². The minimum atomic E-state index is -0.386. The van der Waals surface area contributed by atoms with E-state index >= 15 is 0 Å². The van der Waals surface area contributed by atoms with Gasteiger partial charge in [-0.25, -0.2) is 4.79 Å². The molecule has 0 radical (unpaired) electrons. The minimum absolute atomic E-state index is 0.222. The number of piperidine rings is 1. The van der Waals surface area contributed by atoms with E-state index in [9.17, 15) is 9.59 Å².